The number of hydrogen-bond donors (Lipinski definition) is 0. The van der Waals surface area contributed by atoms with E-state index in [9.17, 15) is 23.3 Å². The first kappa shape index (κ1) is 21.2. The van der Waals surface area contributed by atoms with Gasteiger partial charge in [0, 0.05) is 25.2 Å². The predicted octanol–water partition coefficient (Wildman–Crippen LogP) is 2.63. The number of morpholine rings is 1. The minimum absolute atomic E-state index is 0.0552. The van der Waals surface area contributed by atoms with E-state index in [1.165, 1.54) is 46.8 Å². The molecule has 0 radical (unpaired) electrons. The number of ether oxygens (including phenoxy) is 2. The number of halogens is 1. The maximum atomic E-state index is 12.8. The standard InChI is InChI=1S/C18H17ClN2O7S/c19-17-6-5-15(29(25,26)20-7-9-27-10-8-20)11-16(17)18(22)28-12-13-1-3-14(4-2-13)21(23)24/h1-6,11H,7-10,12H2. The number of esters is 1. The van der Waals surface area contributed by atoms with Gasteiger partial charge < -0.3 is 9.47 Å². The number of rotatable bonds is 6. The highest BCUT2D eigenvalue weighted by molar-refractivity contribution is 7.89. The van der Waals surface area contributed by atoms with Crippen molar-refractivity contribution in [3.63, 3.8) is 0 Å². The van der Waals surface area contributed by atoms with Gasteiger partial charge in [-0.3, -0.25) is 10.1 Å². The van der Waals surface area contributed by atoms with Gasteiger partial charge in [0.05, 0.1) is 33.6 Å². The molecule has 0 spiro atoms. The molecule has 11 heteroatoms. The fraction of sp³-hybridized carbons (Fsp3) is 0.278. The first-order valence-corrected chi connectivity index (χ1v) is 10.4. The summed E-state index contributed by atoms with van der Waals surface area (Å²) in [5, 5.41) is 10.7. The molecule has 0 N–H and O–H groups in total. The van der Waals surface area contributed by atoms with Crippen LogP contribution in [0.2, 0.25) is 5.02 Å². The number of sulfonamides is 1. The molecule has 154 valence electrons. The van der Waals surface area contributed by atoms with Crippen LogP contribution in [0.1, 0.15) is 15.9 Å². The Kier molecular flexibility index (Phi) is 6.48. The molecule has 0 amide bonds. The molecule has 0 atom stereocenters. The minimum atomic E-state index is -3.79. The molecular weight excluding hydrogens is 424 g/mol. The van der Waals surface area contributed by atoms with Crippen LogP contribution in [0.15, 0.2) is 47.4 Å². The van der Waals surface area contributed by atoms with Crippen LogP contribution < -0.4 is 0 Å². The summed E-state index contributed by atoms with van der Waals surface area (Å²) in [6.45, 7) is 0.914. The molecule has 1 aliphatic rings. The van der Waals surface area contributed by atoms with Crippen molar-refractivity contribution in [2.75, 3.05) is 26.3 Å². The average Bonchev–Trinajstić information content (AvgIpc) is 2.73. The number of benzene rings is 2. The third-order valence-corrected chi connectivity index (χ3v) is 6.51. The number of carbonyl (C=O) groups excluding carboxylic acids is 1. The Morgan fingerprint density at radius 1 is 1.17 bits per heavy atom. The van der Waals surface area contributed by atoms with Crippen LogP contribution in [0.5, 0.6) is 0 Å². The predicted molar refractivity (Wildman–Crippen MR) is 103 cm³/mol. The van der Waals surface area contributed by atoms with Gasteiger partial charge in [-0.25, -0.2) is 13.2 Å². The van der Waals surface area contributed by atoms with Crippen molar-refractivity contribution in [1.82, 2.24) is 4.31 Å². The normalized spacial score (nSPS) is 15.1. The van der Waals surface area contributed by atoms with Crippen molar-refractivity contribution in [3.8, 4) is 0 Å². The fourth-order valence-electron chi connectivity index (χ4n) is 2.70. The van der Waals surface area contributed by atoms with Gasteiger partial charge >= 0.3 is 5.97 Å². The zero-order valence-electron chi connectivity index (χ0n) is 15.1. The third-order valence-electron chi connectivity index (χ3n) is 4.28. The molecule has 0 unspecified atom stereocenters. The lowest BCUT2D eigenvalue weighted by atomic mass is 10.2. The SMILES string of the molecule is O=C(OCc1ccc([N+](=O)[O-])cc1)c1cc(S(=O)(=O)N2CCOCC2)ccc1Cl. The third kappa shape index (κ3) is 4.91. The summed E-state index contributed by atoms with van der Waals surface area (Å²) in [6.07, 6.45) is 0. The van der Waals surface area contributed by atoms with Gasteiger partial charge in [0.2, 0.25) is 10.0 Å². The van der Waals surface area contributed by atoms with Crippen molar-refractivity contribution in [2.45, 2.75) is 11.5 Å². The second-order valence-electron chi connectivity index (χ2n) is 6.16. The van der Waals surface area contributed by atoms with Gasteiger partial charge in [0.1, 0.15) is 6.61 Å². The Morgan fingerprint density at radius 3 is 2.45 bits per heavy atom. The van der Waals surface area contributed by atoms with Crippen LogP contribution in [0.3, 0.4) is 0 Å². The maximum Gasteiger partial charge on any atom is 0.340 e. The molecule has 2 aromatic rings. The Bertz CT molecular complexity index is 1020. The second-order valence-corrected chi connectivity index (χ2v) is 8.50. The van der Waals surface area contributed by atoms with E-state index in [0.717, 1.165) is 0 Å². The fourth-order valence-corrected chi connectivity index (χ4v) is 4.33. The average molecular weight is 441 g/mol. The van der Waals surface area contributed by atoms with E-state index in [1.54, 1.807) is 0 Å². The van der Waals surface area contributed by atoms with Crippen LogP contribution in [0, 0.1) is 10.1 Å². The largest absolute Gasteiger partial charge is 0.457 e. The molecular formula is C18H17ClN2O7S. The molecule has 9 nitrogen and oxygen atoms in total. The number of hydrogen-bond acceptors (Lipinski definition) is 7. The molecule has 1 saturated heterocycles. The van der Waals surface area contributed by atoms with Gasteiger partial charge in [-0.05, 0) is 35.9 Å². The lowest BCUT2D eigenvalue weighted by Gasteiger charge is -2.26. The molecule has 1 heterocycles. The molecule has 0 saturated carbocycles. The lowest BCUT2D eigenvalue weighted by Crippen LogP contribution is -2.40. The van der Waals surface area contributed by atoms with E-state index >= 15 is 0 Å². The lowest BCUT2D eigenvalue weighted by molar-refractivity contribution is -0.384. The van der Waals surface area contributed by atoms with Gasteiger partial charge in [-0.2, -0.15) is 4.31 Å². The van der Waals surface area contributed by atoms with E-state index in [4.69, 9.17) is 21.1 Å². The van der Waals surface area contributed by atoms with E-state index in [1.807, 2.05) is 0 Å². The summed E-state index contributed by atoms with van der Waals surface area (Å²) in [7, 11) is -3.79. The summed E-state index contributed by atoms with van der Waals surface area (Å²) in [6, 6.07) is 9.37. The number of nitrogens with zero attached hydrogens (tertiary/aromatic N) is 2. The summed E-state index contributed by atoms with van der Waals surface area (Å²) in [5.74, 6) is -0.799. The molecule has 29 heavy (non-hydrogen) atoms. The molecule has 0 aromatic heterocycles. The highest BCUT2D eigenvalue weighted by Gasteiger charge is 2.28. The first-order valence-electron chi connectivity index (χ1n) is 8.57. The van der Waals surface area contributed by atoms with Gasteiger partial charge in [-0.15, -0.1) is 0 Å². The van der Waals surface area contributed by atoms with Crippen LogP contribution in [-0.4, -0.2) is 49.9 Å². The van der Waals surface area contributed by atoms with Crippen LogP contribution in [0.25, 0.3) is 0 Å². The second kappa shape index (κ2) is 8.87. The Morgan fingerprint density at radius 2 is 1.83 bits per heavy atom. The van der Waals surface area contributed by atoms with E-state index in [-0.39, 0.29) is 40.9 Å². The molecule has 0 bridgehead atoms. The Hall–Kier alpha value is -2.53. The van der Waals surface area contributed by atoms with Crippen LogP contribution in [0.4, 0.5) is 5.69 Å². The van der Waals surface area contributed by atoms with Crippen molar-refractivity contribution in [3.05, 3.63) is 68.7 Å². The van der Waals surface area contributed by atoms with Crippen molar-refractivity contribution in [1.29, 1.82) is 0 Å². The number of non-ortho nitro benzene ring substituents is 1. The summed E-state index contributed by atoms with van der Waals surface area (Å²) in [4.78, 5) is 22.5. The Labute approximate surface area is 172 Å². The smallest absolute Gasteiger partial charge is 0.340 e. The summed E-state index contributed by atoms with van der Waals surface area (Å²) in [5.41, 5.74) is 0.379. The number of carbonyl (C=O) groups is 1. The van der Waals surface area contributed by atoms with Crippen LogP contribution in [-0.2, 0) is 26.1 Å². The topological polar surface area (TPSA) is 116 Å². The highest BCUT2D eigenvalue weighted by atomic mass is 35.5. The van der Waals surface area contributed by atoms with Crippen molar-refractivity contribution >= 4 is 33.3 Å². The number of nitro groups is 1. The molecule has 2 aromatic carbocycles. The van der Waals surface area contributed by atoms with E-state index in [2.05, 4.69) is 0 Å². The van der Waals surface area contributed by atoms with Crippen molar-refractivity contribution in [2.24, 2.45) is 0 Å². The quantitative estimate of drug-likeness (QED) is 0.385. The van der Waals surface area contributed by atoms with Gasteiger partial charge in [-0.1, -0.05) is 11.6 Å². The van der Waals surface area contributed by atoms with Gasteiger partial charge in [0.25, 0.3) is 5.69 Å². The van der Waals surface area contributed by atoms with E-state index in [0.29, 0.717) is 18.8 Å². The zero-order chi connectivity index (χ0) is 21.0. The monoisotopic (exact) mass is 440 g/mol. The van der Waals surface area contributed by atoms with Gasteiger partial charge in [0.15, 0.2) is 0 Å². The maximum absolute atomic E-state index is 12.8. The summed E-state index contributed by atoms with van der Waals surface area (Å²) >= 11 is 6.06. The van der Waals surface area contributed by atoms with Crippen molar-refractivity contribution < 1.29 is 27.6 Å². The minimum Gasteiger partial charge on any atom is -0.457 e. The molecule has 3 rings (SSSR count). The van der Waals surface area contributed by atoms with E-state index < -0.39 is 20.9 Å². The summed E-state index contributed by atoms with van der Waals surface area (Å²) < 4.78 is 37.2. The zero-order valence-corrected chi connectivity index (χ0v) is 16.7. The molecule has 1 aliphatic heterocycles. The highest BCUT2D eigenvalue weighted by Crippen LogP contribution is 2.24. The van der Waals surface area contributed by atoms with Crippen LogP contribution >= 0.6 is 11.6 Å². The number of nitro benzene ring substituents is 1. The molecule has 0 aliphatic carbocycles. The Balaban J connectivity index is 1.75. The first-order chi connectivity index (χ1) is 13.8. The molecule has 1 fully saturated rings.